The number of ether oxygens (including phenoxy) is 1. The minimum Gasteiger partial charge on any atom is -0.468 e. The Bertz CT molecular complexity index is 336. The van der Waals surface area contributed by atoms with E-state index in [4.69, 9.17) is 17.3 Å². The lowest BCUT2D eigenvalue weighted by Gasteiger charge is -2.12. The molecule has 1 aromatic rings. The number of rotatable bonds is 2. The van der Waals surface area contributed by atoms with Gasteiger partial charge in [0.1, 0.15) is 6.04 Å². The van der Waals surface area contributed by atoms with E-state index in [1.54, 1.807) is 18.2 Å². The molecule has 1 unspecified atom stereocenters. The molecule has 0 aliphatic rings. The van der Waals surface area contributed by atoms with Gasteiger partial charge in [0.05, 0.1) is 7.11 Å². The molecular formula is C9H9BrClNO2. The molecule has 0 heterocycles. The fourth-order valence-electron chi connectivity index (χ4n) is 1.05. The molecule has 2 N–H and O–H groups in total. The van der Waals surface area contributed by atoms with Crippen molar-refractivity contribution in [2.24, 2.45) is 5.73 Å². The summed E-state index contributed by atoms with van der Waals surface area (Å²) in [7, 11) is 1.28. The van der Waals surface area contributed by atoms with Crippen molar-refractivity contribution >= 4 is 33.5 Å². The Morgan fingerprint density at radius 1 is 1.64 bits per heavy atom. The molecule has 0 saturated carbocycles. The third-order valence-electron chi connectivity index (χ3n) is 1.77. The molecule has 0 bridgehead atoms. The lowest BCUT2D eigenvalue weighted by Crippen LogP contribution is -2.23. The predicted octanol–water partition coefficient (Wildman–Crippen LogP) is 2.28. The second-order valence-corrected chi connectivity index (χ2v) is 3.90. The standard InChI is InChI=1S/C9H9BrClNO2/c1-14-9(13)8(12)7-5(10)3-2-4-6(7)11/h2-4,8H,12H2,1H3. The number of carbonyl (C=O) groups is 1. The number of methoxy groups -OCH3 is 1. The molecule has 0 saturated heterocycles. The van der Waals surface area contributed by atoms with Crippen LogP contribution in [-0.4, -0.2) is 13.1 Å². The Kier molecular flexibility index (Phi) is 3.92. The van der Waals surface area contributed by atoms with Crippen LogP contribution in [-0.2, 0) is 9.53 Å². The fraction of sp³-hybridized carbons (Fsp3) is 0.222. The highest BCUT2D eigenvalue weighted by atomic mass is 79.9. The quantitative estimate of drug-likeness (QED) is 0.844. The summed E-state index contributed by atoms with van der Waals surface area (Å²) < 4.78 is 5.23. The van der Waals surface area contributed by atoms with Crippen LogP contribution in [0.2, 0.25) is 5.02 Å². The third-order valence-corrected chi connectivity index (χ3v) is 2.79. The van der Waals surface area contributed by atoms with E-state index >= 15 is 0 Å². The number of hydrogen-bond acceptors (Lipinski definition) is 3. The van der Waals surface area contributed by atoms with Gasteiger partial charge < -0.3 is 10.5 Å². The first-order valence-electron chi connectivity index (χ1n) is 3.85. The first-order chi connectivity index (χ1) is 6.57. The van der Waals surface area contributed by atoms with Crippen LogP contribution < -0.4 is 5.73 Å². The molecule has 0 fully saturated rings. The van der Waals surface area contributed by atoms with Gasteiger partial charge in [-0.15, -0.1) is 0 Å². The summed E-state index contributed by atoms with van der Waals surface area (Å²) in [5, 5.41) is 0.442. The molecule has 0 aromatic heterocycles. The van der Waals surface area contributed by atoms with Gasteiger partial charge in [0.15, 0.2) is 0 Å². The molecule has 1 aromatic carbocycles. The Morgan fingerprint density at radius 2 is 2.29 bits per heavy atom. The van der Waals surface area contributed by atoms with E-state index in [0.29, 0.717) is 15.1 Å². The van der Waals surface area contributed by atoms with Crippen LogP contribution in [0, 0.1) is 0 Å². The highest BCUT2D eigenvalue weighted by Gasteiger charge is 2.21. The second-order valence-electron chi connectivity index (χ2n) is 2.64. The van der Waals surface area contributed by atoms with E-state index in [2.05, 4.69) is 20.7 Å². The Hall–Kier alpha value is -0.580. The van der Waals surface area contributed by atoms with Gasteiger partial charge in [-0.2, -0.15) is 0 Å². The fourth-order valence-corrected chi connectivity index (χ4v) is 2.07. The zero-order chi connectivity index (χ0) is 10.7. The Balaban J connectivity index is 3.11. The number of hydrogen-bond donors (Lipinski definition) is 1. The van der Waals surface area contributed by atoms with E-state index < -0.39 is 12.0 Å². The van der Waals surface area contributed by atoms with Gasteiger partial charge >= 0.3 is 5.97 Å². The van der Waals surface area contributed by atoms with Gasteiger partial charge in [-0.3, -0.25) is 4.79 Å². The second kappa shape index (κ2) is 4.77. The number of esters is 1. The van der Waals surface area contributed by atoms with Gasteiger partial charge in [0, 0.05) is 15.1 Å². The first kappa shape index (κ1) is 11.5. The van der Waals surface area contributed by atoms with E-state index in [-0.39, 0.29) is 0 Å². The maximum atomic E-state index is 11.2. The topological polar surface area (TPSA) is 52.3 Å². The number of halogens is 2. The highest BCUT2D eigenvalue weighted by Crippen LogP contribution is 2.29. The number of benzene rings is 1. The summed E-state index contributed by atoms with van der Waals surface area (Å²) in [4.78, 5) is 11.2. The van der Waals surface area contributed by atoms with Crippen LogP contribution in [0.3, 0.4) is 0 Å². The van der Waals surface area contributed by atoms with Crippen LogP contribution in [0.15, 0.2) is 22.7 Å². The summed E-state index contributed by atoms with van der Waals surface area (Å²) in [5.41, 5.74) is 6.20. The smallest absolute Gasteiger partial charge is 0.327 e. The predicted molar refractivity (Wildman–Crippen MR) is 58.1 cm³/mol. The van der Waals surface area contributed by atoms with E-state index in [0.717, 1.165) is 0 Å². The van der Waals surface area contributed by atoms with Gasteiger partial charge in [-0.05, 0) is 12.1 Å². The van der Waals surface area contributed by atoms with Crippen molar-refractivity contribution in [3.63, 3.8) is 0 Å². The molecule has 76 valence electrons. The van der Waals surface area contributed by atoms with E-state index in [1.165, 1.54) is 7.11 Å². The van der Waals surface area contributed by atoms with Gasteiger partial charge in [0.25, 0.3) is 0 Å². The lowest BCUT2D eigenvalue weighted by molar-refractivity contribution is -0.142. The molecule has 0 radical (unpaired) electrons. The van der Waals surface area contributed by atoms with Crippen LogP contribution in [0.1, 0.15) is 11.6 Å². The summed E-state index contributed by atoms with van der Waals surface area (Å²) >= 11 is 9.18. The monoisotopic (exact) mass is 277 g/mol. The molecule has 5 heteroatoms. The molecule has 14 heavy (non-hydrogen) atoms. The van der Waals surface area contributed by atoms with Crippen LogP contribution >= 0.6 is 27.5 Å². The molecule has 1 atom stereocenters. The number of nitrogens with two attached hydrogens (primary N) is 1. The van der Waals surface area contributed by atoms with Crippen molar-refractivity contribution in [3.05, 3.63) is 33.3 Å². The van der Waals surface area contributed by atoms with Crippen LogP contribution in [0.5, 0.6) is 0 Å². The molecular weight excluding hydrogens is 269 g/mol. The lowest BCUT2D eigenvalue weighted by atomic mass is 10.1. The molecule has 0 amide bonds. The maximum absolute atomic E-state index is 11.2. The van der Waals surface area contributed by atoms with Crippen molar-refractivity contribution in [1.29, 1.82) is 0 Å². The van der Waals surface area contributed by atoms with E-state index in [9.17, 15) is 4.79 Å². The summed E-state index contributed by atoms with van der Waals surface area (Å²) in [5.74, 6) is -0.515. The molecule has 0 spiro atoms. The zero-order valence-corrected chi connectivity index (χ0v) is 9.80. The summed E-state index contributed by atoms with van der Waals surface area (Å²) in [6, 6.07) is 4.34. The number of carbonyl (C=O) groups excluding carboxylic acids is 1. The largest absolute Gasteiger partial charge is 0.468 e. The van der Waals surface area contributed by atoms with Gasteiger partial charge in [-0.25, -0.2) is 0 Å². The van der Waals surface area contributed by atoms with Crippen molar-refractivity contribution in [1.82, 2.24) is 0 Å². The molecule has 3 nitrogen and oxygen atoms in total. The van der Waals surface area contributed by atoms with Crippen molar-refractivity contribution < 1.29 is 9.53 Å². The van der Waals surface area contributed by atoms with Crippen molar-refractivity contribution in [3.8, 4) is 0 Å². The van der Waals surface area contributed by atoms with Crippen molar-refractivity contribution in [2.45, 2.75) is 6.04 Å². The molecule has 1 rings (SSSR count). The minimum absolute atomic E-state index is 0.442. The van der Waals surface area contributed by atoms with Crippen molar-refractivity contribution in [2.75, 3.05) is 7.11 Å². The molecule has 0 aliphatic carbocycles. The summed E-state index contributed by atoms with van der Waals surface area (Å²) in [6.07, 6.45) is 0. The average molecular weight is 279 g/mol. The Labute approximate surface area is 95.3 Å². The zero-order valence-electron chi connectivity index (χ0n) is 7.46. The Morgan fingerprint density at radius 3 is 2.79 bits per heavy atom. The minimum atomic E-state index is -0.858. The van der Waals surface area contributed by atoms with Gasteiger partial charge in [-0.1, -0.05) is 33.6 Å². The third kappa shape index (κ3) is 2.26. The maximum Gasteiger partial charge on any atom is 0.327 e. The van der Waals surface area contributed by atoms with Crippen LogP contribution in [0.4, 0.5) is 0 Å². The van der Waals surface area contributed by atoms with Gasteiger partial charge in [0.2, 0.25) is 0 Å². The SMILES string of the molecule is COC(=O)C(N)c1c(Cl)cccc1Br. The first-order valence-corrected chi connectivity index (χ1v) is 5.02. The molecule has 0 aliphatic heterocycles. The van der Waals surface area contributed by atoms with E-state index in [1.807, 2.05) is 0 Å². The summed E-state index contributed by atoms with van der Waals surface area (Å²) in [6.45, 7) is 0. The highest BCUT2D eigenvalue weighted by molar-refractivity contribution is 9.10. The van der Waals surface area contributed by atoms with Crippen LogP contribution in [0.25, 0.3) is 0 Å². The average Bonchev–Trinajstić information content (AvgIpc) is 2.16. The normalized spacial score (nSPS) is 12.3.